The molecule has 1 aliphatic heterocycles. The van der Waals surface area contributed by atoms with Gasteiger partial charge in [0, 0.05) is 18.9 Å². The van der Waals surface area contributed by atoms with E-state index in [2.05, 4.69) is 9.72 Å². The third-order valence-electron chi connectivity index (χ3n) is 3.75. The summed E-state index contributed by atoms with van der Waals surface area (Å²) in [6, 6.07) is 7.97. The molecule has 3 rings (SSSR count). The number of hydrogen-bond acceptors (Lipinski definition) is 5. The predicted octanol–water partition coefficient (Wildman–Crippen LogP) is 2.82. The molecule has 0 aliphatic carbocycles. The van der Waals surface area contributed by atoms with E-state index in [4.69, 9.17) is 4.74 Å². The van der Waals surface area contributed by atoms with Gasteiger partial charge in [0.25, 0.3) is 0 Å². The first-order valence-corrected chi connectivity index (χ1v) is 9.11. The first-order valence-electron chi connectivity index (χ1n) is 7.67. The second kappa shape index (κ2) is 7.12. The van der Waals surface area contributed by atoms with Gasteiger partial charge in [-0.15, -0.1) is 13.2 Å². The predicted molar refractivity (Wildman–Crippen MR) is 85.2 cm³/mol. The first kappa shape index (κ1) is 18.5. The first-order chi connectivity index (χ1) is 12.3. The lowest BCUT2D eigenvalue weighted by molar-refractivity contribution is -0.275. The van der Waals surface area contributed by atoms with Crippen LogP contribution >= 0.6 is 0 Å². The molecule has 140 valence electrons. The molecule has 0 spiro atoms. The van der Waals surface area contributed by atoms with Gasteiger partial charge in [-0.3, -0.25) is 4.98 Å². The minimum Gasteiger partial charge on any atom is -0.489 e. The van der Waals surface area contributed by atoms with Crippen LogP contribution in [-0.2, 0) is 10.0 Å². The van der Waals surface area contributed by atoms with Crippen LogP contribution in [0, 0.1) is 0 Å². The fourth-order valence-corrected chi connectivity index (χ4v) is 4.23. The number of nitrogens with zero attached hydrogens (tertiary/aromatic N) is 2. The molecule has 6 nitrogen and oxygen atoms in total. The van der Waals surface area contributed by atoms with E-state index in [1.165, 1.54) is 12.1 Å². The van der Waals surface area contributed by atoms with Crippen molar-refractivity contribution in [2.75, 3.05) is 13.1 Å². The number of sulfonamides is 1. The van der Waals surface area contributed by atoms with E-state index >= 15 is 0 Å². The highest BCUT2D eigenvalue weighted by molar-refractivity contribution is 7.89. The Kier molecular flexibility index (Phi) is 5.05. The summed E-state index contributed by atoms with van der Waals surface area (Å²) in [4.78, 5) is 3.33. The van der Waals surface area contributed by atoms with Crippen LogP contribution in [0.25, 0.3) is 0 Å². The van der Waals surface area contributed by atoms with Gasteiger partial charge in [-0.05, 0) is 30.7 Å². The summed E-state index contributed by atoms with van der Waals surface area (Å²) >= 11 is 0. The Hall–Kier alpha value is -2.33. The zero-order valence-electron chi connectivity index (χ0n) is 13.4. The number of hydrogen-bond donors (Lipinski definition) is 0. The SMILES string of the molecule is O=S(=O)(c1ccccc1OC(F)(F)F)N1CC[C@@H](Oc2ccncc2)C1. The molecule has 0 amide bonds. The highest BCUT2D eigenvalue weighted by Gasteiger charge is 2.38. The van der Waals surface area contributed by atoms with Gasteiger partial charge in [0.15, 0.2) is 0 Å². The maximum absolute atomic E-state index is 12.8. The molecule has 0 N–H and O–H groups in total. The van der Waals surface area contributed by atoms with Gasteiger partial charge in [-0.25, -0.2) is 8.42 Å². The number of pyridine rings is 1. The van der Waals surface area contributed by atoms with Gasteiger partial charge in [-0.2, -0.15) is 4.31 Å². The van der Waals surface area contributed by atoms with Crippen LogP contribution in [0.2, 0.25) is 0 Å². The number of rotatable bonds is 5. The number of alkyl halides is 3. The molecule has 10 heteroatoms. The van der Waals surface area contributed by atoms with E-state index in [-0.39, 0.29) is 13.1 Å². The average Bonchev–Trinajstić information content (AvgIpc) is 3.04. The summed E-state index contributed by atoms with van der Waals surface area (Å²) in [7, 11) is -4.15. The molecule has 0 saturated carbocycles. The summed E-state index contributed by atoms with van der Waals surface area (Å²) in [5.41, 5.74) is 0. The zero-order valence-corrected chi connectivity index (χ0v) is 14.2. The molecule has 0 unspecified atom stereocenters. The van der Waals surface area contributed by atoms with Crippen LogP contribution in [0.3, 0.4) is 0 Å². The van der Waals surface area contributed by atoms with E-state index in [9.17, 15) is 21.6 Å². The van der Waals surface area contributed by atoms with Gasteiger partial charge in [0.1, 0.15) is 22.5 Å². The Bertz CT molecular complexity index is 859. The number of halogens is 3. The van der Waals surface area contributed by atoms with E-state index in [0.29, 0.717) is 12.2 Å². The molecule has 1 aromatic heterocycles. The Labute approximate surface area is 148 Å². The number of ether oxygens (including phenoxy) is 2. The van der Waals surface area contributed by atoms with Crippen LogP contribution < -0.4 is 9.47 Å². The Balaban J connectivity index is 1.77. The van der Waals surface area contributed by atoms with Crippen LogP contribution in [0.1, 0.15) is 6.42 Å². The highest BCUT2D eigenvalue weighted by Crippen LogP contribution is 2.33. The molecule has 1 fully saturated rings. The van der Waals surface area contributed by atoms with Crippen molar-refractivity contribution in [2.24, 2.45) is 0 Å². The minimum atomic E-state index is -4.98. The van der Waals surface area contributed by atoms with Crippen LogP contribution in [0.4, 0.5) is 13.2 Å². The second-order valence-corrected chi connectivity index (χ2v) is 7.48. The molecule has 2 aromatic rings. The van der Waals surface area contributed by atoms with Crippen molar-refractivity contribution in [3.63, 3.8) is 0 Å². The normalized spacial score (nSPS) is 18.7. The van der Waals surface area contributed by atoms with Gasteiger partial charge >= 0.3 is 6.36 Å². The fraction of sp³-hybridized carbons (Fsp3) is 0.312. The standard InChI is InChI=1S/C16H15F3N2O4S/c17-16(18,19)25-14-3-1-2-4-15(14)26(22,23)21-10-7-13(11-21)24-12-5-8-20-9-6-12/h1-6,8-9,13H,7,10-11H2/t13-/m1/s1. The van der Waals surface area contributed by atoms with Crippen molar-refractivity contribution in [1.29, 1.82) is 0 Å². The lowest BCUT2D eigenvalue weighted by Gasteiger charge is -2.19. The smallest absolute Gasteiger partial charge is 0.489 e. The molecule has 1 saturated heterocycles. The number of para-hydroxylation sites is 1. The van der Waals surface area contributed by atoms with Crippen LogP contribution in [0.5, 0.6) is 11.5 Å². The summed E-state index contributed by atoms with van der Waals surface area (Å²) < 4.78 is 73.8. The molecular weight excluding hydrogens is 373 g/mol. The summed E-state index contributed by atoms with van der Waals surface area (Å²) in [5.74, 6) is -0.205. The van der Waals surface area contributed by atoms with Crippen molar-refractivity contribution < 1.29 is 31.1 Å². The van der Waals surface area contributed by atoms with Crippen molar-refractivity contribution in [1.82, 2.24) is 9.29 Å². The third-order valence-corrected chi connectivity index (χ3v) is 5.66. The molecule has 1 aliphatic rings. The molecule has 26 heavy (non-hydrogen) atoms. The fourth-order valence-electron chi connectivity index (χ4n) is 2.63. The Morgan fingerprint density at radius 2 is 1.81 bits per heavy atom. The molecule has 0 bridgehead atoms. The van der Waals surface area contributed by atoms with Crippen LogP contribution in [0.15, 0.2) is 53.7 Å². The van der Waals surface area contributed by atoms with E-state index in [1.807, 2.05) is 0 Å². The minimum absolute atomic E-state index is 0.0327. The van der Waals surface area contributed by atoms with Crippen molar-refractivity contribution >= 4 is 10.0 Å². The zero-order chi connectivity index (χ0) is 18.8. The molecular formula is C16H15F3N2O4S. The molecule has 1 aromatic carbocycles. The van der Waals surface area contributed by atoms with Crippen molar-refractivity contribution in [3.05, 3.63) is 48.8 Å². The lowest BCUT2D eigenvalue weighted by atomic mass is 10.3. The summed E-state index contributed by atoms with van der Waals surface area (Å²) in [6.45, 7) is 0.170. The van der Waals surface area contributed by atoms with E-state index in [0.717, 1.165) is 16.4 Å². The van der Waals surface area contributed by atoms with Crippen LogP contribution in [-0.4, -0.2) is 43.3 Å². The molecule has 2 heterocycles. The second-order valence-electron chi connectivity index (χ2n) is 5.57. The highest BCUT2D eigenvalue weighted by atomic mass is 32.2. The largest absolute Gasteiger partial charge is 0.573 e. The van der Waals surface area contributed by atoms with Gasteiger partial charge in [0.2, 0.25) is 10.0 Å². The quantitative estimate of drug-likeness (QED) is 0.788. The third kappa shape index (κ3) is 4.25. The number of aromatic nitrogens is 1. The van der Waals surface area contributed by atoms with E-state index < -0.39 is 33.1 Å². The Morgan fingerprint density at radius 3 is 2.50 bits per heavy atom. The van der Waals surface area contributed by atoms with Gasteiger partial charge < -0.3 is 9.47 Å². The lowest BCUT2D eigenvalue weighted by Crippen LogP contribution is -2.31. The summed E-state index contributed by atoms with van der Waals surface area (Å²) in [6.07, 6.45) is -1.87. The van der Waals surface area contributed by atoms with Gasteiger partial charge in [0.05, 0.1) is 6.54 Å². The average molecular weight is 388 g/mol. The maximum Gasteiger partial charge on any atom is 0.573 e. The Morgan fingerprint density at radius 1 is 1.12 bits per heavy atom. The van der Waals surface area contributed by atoms with E-state index in [1.54, 1.807) is 24.5 Å². The van der Waals surface area contributed by atoms with Gasteiger partial charge in [-0.1, -0.05) is 12.1 Å². The topological polar surface area (TPSA) is 68.7 Å². The van der Waals surface area contributed by atoms with Crippen molar-refractivity contribution in [3.8, 4) is 11.5 Å². The summed E-state index contributed by atoms with van der Waals surface area (Å²) in [5, 5.41) is 0. The van der Waals surface area contributed by atoms with Crippen molar-refractivity contribution in [2.45, 2.75) is 23.8 Å². The number of benzene rings is 1. The molecule has 0 radical (unpaired) electrons. The molecule has 1 atom stereocenters. The monoisotopic (exact) mass is 388 g/mol. The maximum atomic E-state index is 12.8.